The third kappa shape index (κ3) is 6.99. The molecule has 0 saturated carbocycles. The molecule has 1 atom stereocenters. The monoisotopic (exact) mass is 517 g/mol. The Morgan fingerprint density at radius 1 is 1.19 bits per heavy atom. The number of carbonyl (C=O) groups is 2. The summed E-state index contributed by atoms with van der Waals surface area (Å²) in [5.41, 5.74) is -3.31. The first-order valence-corrected chi connectivity index (χ1v) is 10.8. The van der Waals surface area contributed by atoms with Gasteiger partial charge in [-0.25, -0.2) is 4.85 Å². The number of thioether (sulfide) groups is 1. The molecule has 0 aliphatic heterocycles. The van der Waals surface area contributed by atoms with Crippen molar-refractivity contribution in [2.24, 2.45) is 0 Å². The molecule has 2 aromatic carbocycles. The molecule has 0 bridgehead atoms. The lowest BCUT2D eigenvalue weighted by atomic mass is 10.1. The van der Waals surface area contributed by atoms with Crippen molar-refractivity contribution in [3.63, 3.8) is 0 Å². The second kappa shape index (κ2) is 10.2. The quantitative estimate of drug-likeness (QED) is 0.264. The Bertz CT molecular complexity index is 1030. The maximum Gasteiger partial charge on any atom is 0.407 e. The van der Waals surface area contributed by atoms with Crippen LogP contribution in [0.1, 0.15) is 13.9 Å². The van der Waals surface area contributed by atoms with Gasteiger partial charge in [-0.1, -0.05) is 28.1 Å². The lowest BCUT2D eigenvalue weighted by Gasteiger charge is -2.22. The minimum absolute atomic E-state index is 0. The van der Waals surface area contributed by atoms with Gasteiger partial charge in [-0.05, 0) is 37.3 Å². The van der Waals surface area contributed by atoms with Crippen molar-refractivity contribution in [1.82, 2.24) is 0 Å². The van der Waals surface area contributed by atoms with Crippen LogP contribution >= 0.6 is 27.7 Å². The van der Waals surface area contributed by atoms with Gasteiger partial charge in [-0.15, -0.1) is 11.8 Å². The van der Waals surface area contributed by atoms with Crippen molar-refractivity contribution in [1.29, 1.82) is 0 Å². The van der Waals surface area contributed by atoms with Crippen LogP contribution in [0.4, 0.5) is 30.2 Å². The van der Waals surface area contributed by atoms with Gasteiger partial charge < -0.3 is 15.7 Å². The van der Waals surface area contributed by atoms with E-state index < -0.39 is 28.9 Å². The van der Waals surface area contributed by atoms with Gasteiger partial charge in [-0.3, -0.25) is 9.59 Å². The van der Waals surface area contributed by atoms with Gasteiger partial charge in [-0.2, -0.15) is 13.2 Å². The normalized spacial score (nSPS) is 13.1. The number of nitrogens with one attached hydrogen (secondary N) is 2. The highest BCUT2D eigenvalue weighted by molar-refractivity contribution is 9.09. The fourth-order valence-electron chi connectivity index (χ4n) is 2.35. The van der Waals surface area contributed by atoms with Gasteiger partial charge in [0, 0.05) is 23.4 Å². The number of anilines is 2. The summed E-state index contributed by atoms with van der Waals surface area (Å²) in [6.45, 7) is 8.09. The van der Waals surface area contributed by atoms with Gasteiger partial charge in [0.2, 0.25) is 5.91 Å². The molecule has 0 aliphatic rings. The average molecular weight is 518 g/mol. The zero-order chi connectivity index (χ0) is 23.2. The standard InChI is InChI=1S/C20H17BrF3N3O3S.H2/c1-19(30,11-31-14-5-3-4-12(8-14)26-17(28)10-21)18(29)27-13-6-7-16(25-2)15(9-13)20(22,23)24;/h3-9,30H,10-11H2,1H3,(H,26,28)(H,27,29);1H. The summed E-state index contributed by atoms with van der Waals surface area (Å²) >= 11 is 4.18. The maximum absolute atomic E-state index is 13.1. The minimum atomic E-state index is -4.76. The van der Waals surface area contributed by atoms with E-state index in [0.717, 1.165) is 17.8 Å². The average Bonchev–Trinajstić information content (AvgIpc) is 2.71. The number of aliphatic hydroxyl groups is 1. The van der Waals surface area contributed by atoms with Gasteiger partial charge in [0.05, 0.1) is 17.5 Å². The number of carbonyl (C=O) groups excluding carboxylic acids is 2. The van der Waals surface area contributed by atoms with Crippen LogP contribution in [0.25, 0.3) is 4.85 Å². The van der Waals surface area contributed by atoms with Crippen LogP contribution in [-0.2, 0) is 15.8 Å². The highest BCUT2D eigenvalue weighted by atomic mass is 79.9. The lowest BCUT2D eigenvalue weighted by Crippen LogP contribution is -2.42. The van der Waals surface area contributed by atoms with Crippen LogP contribution in [0.2, 0.25) is 0 Å². The molecule has 31 heavy (non-hydrogen) atoms. The second-order valence-electron chi connectivity index (χ2n) is 6.57. The van der Waals surface area contributed by atoms with E-state index in [1.165, 1.54) is 13.0 Å². The Labute approximate surface area is 190 Å². The molecule has 2 aromatic rings. The van der Waals surface area contributed by atoms with Crippen molar-refractivity contribution in [3.8, 4) is 0 Å². The molecular weight excluding hydrogens is 499 g/mol. The third-order valence-corrected chi connectivity index (χ3v) is 5.73. The van der Waals surface area contributed by atoms with E-state index in [0.29, 0.717) is 16.6 Å². The predicted octanol–water partition coefficient (Wildman–Crippen LogP) is 5.32. The number of alkyl halides is 4. The fraction of sp³-hybridized carbons (Fsp3) is 0.250. The molecule has 1 unspecified atom stereocenters. The molecule has 0 radical (unpaired) electrons. The Morgan fingerprint density at radius 2 is 1.87 bits per heavy atom. The zero-order valence-corrected chi connectivity index (χ0v) is 18.5. The molecule has 0 saturated heterocycles. The third-order valence-electron chi connectivity index (χ3n) is 3.93. The van der Waals surface area contributed by atoms with Crippen molar-refractivity contribution >= 4 is 56.6 Å². The number of hydrogen-bond donors (Lipinski definition) is 3. The highest BCUT2D eigenvalue weighted by Gasteiger charge is 2.35. The summed E-state index contributed by atoms with van der Waals surface area (Å²) in [7, 11) is 0. The van der Waals surface area contributed by atoms with Gasteiger partial charge in [0.25, 0.3) is 5.91 Å². The topological polar surface area (TPSA) is 82.8 Å². The molecule has 166 valence electrons. The van der Waals surface area contributed by atoms with Crippen molar-refractivity contribution in [2.75, 3.05) is 21.7 Å². The first-order valence-electron chi connectivity index (χ1n) is 8.67. The number of hydrogen-bond acceptors (Lipinski definition) is 4. The Hall–Kier alpha value is -2.55. The van der Waals surface area contributed by atoms with E-state index in [4.69, 9.17) is 6.57 Å². The molecule has 3 N–H and O–H groups in total. The smallest absolute Gasteiger partial charge is 0.379 e. The summed E-state index contributed by atoms with van der Waals surface area (Å²) in [4.78, 5) is 27.4. The first-order chi connectivity index (χ1) is 14.5. The SMILES string of the molecule is [C-]#[N+]c1ccc(NC(=O)C(C)(O)CSc2cccc(NC(=O)CBr)c2)cc1C(F)(F)F.[HH]. The molecule has 0 fully saturated rings. The first kappa shape index (κ1) is 24.7. The van der Waals surface area contributed by atoms with E-state index in [-0.39, 0.29) is 24.1 Å². The summed E-state index contributed by atoms with van der Waals surface area (Å²) in [5.74, 6) is -1.23. The molecule has 0 heterocycles. The van der Waals surface area contributed by atoms with Crippen LogP contribution < -0.4 is 10.6 Å². The van der Waals surface area contributed by atoms with Gasteiger partial charge in [0.1, 0.15) is 5.60 Å². The number of benzene rings is 2. The maximum atomic E-state index is 13.1. The van der Waals surface area contributed by atoms with E-state index in [1.54, 1.807) is 24.3 Å². The highest BCUT2D eigenvalue weighted by Crippen LogP contribution is 2.38. The van der Waals surface area contributed by atoms with Crippen LogP contribution in [0.15, 0.2) is 47.4 Å². The molecule has 6 nitrogen and oxygen atoms in total. The van der Waals surface area contributed by atoms with Crippen LogP contribution in [-0.4, -0.2) is 33.6 Å². The molecule has 2 amide bonds. The largest absolute Gasteiger partial charge is 0.407 e. The number of nitrogens with zero attached hydrogens (tertiary/aromatic N) is 1. The molecule has 11 heteroatoms. The summed E-state index contributed by atoms with van der Waals surface area (Å²) in [6, 6.07) is 9.55. The second-order valence-corrected chi connectivity index (χ2v) is 8.18. The van der Waals surface area contributed by atoms with Crippen LogP contribution in [0.3, 0.4) is 0 Å². The van der Waals surface area contributed by atoms with Crippen LogP contribution in [0, 0.1) is 6.57 Å². The molecule has 0 aromatic heterocycles. The zero-order valence-electron chi connectivity index (χ0n) is 16.1. The fourth-order valence-corrected chi connectivity index (χ4v) is 3.46. The van der Waals surface area contributed by atoms with Gasteiger partial charge >= 0.3 is 6.18 Å². The molecule has 2 rings (SSSR count). The molecular formula is C20H19BrF3N3O3S. The molecule has 0 aliphatic carbocycles. The summed E-state index contributed by atoms with van der Waals surface area (Å²) < 4.78 is 39.3. The predicted molar refractivity (Wildman–Crippen MR) is 119 cm³/mol. The Balaban J connectivity index is 0.00000512. The number of amides is 2. The number of rotatable bonds is 7. The number of halogens is 4. The van der Waals surface area contributed by atoms with E-state index >= 15 is 0 Å². The van der Waals surface area contributed by atoms with Gasteiger partial charge in [0.15, 0.2) is 5.69 Å². The Morgan fingerprint density at radius 3 is 2.48 bits per heavy atom. The summed E-state index contributed by atoms with van der Waals surface area (Å²) in [5, 5.41) is 15.6. The van der Waals surface area contributed by atoms with Crippen LogP contribution in [0.5, 0.6) is 0 Å². The van der Waals surface area contributed by atoms with E-state index in [9.17, 15) is 27.9 Å². The van der Waals surface area contributed by atoms with E-state index in [2.05, 4.69) is 31.4 Å². The lowest BCUT2D eigenvalue weighted by molar-refractivity contribution is -0.137. The molecule has 0 spiro atoms. The Kier molecular flexibility index (Phi) is 8.11. The van der Waals surface area contributed by atoms with Crippen molar-refractivity contribution in [3.05, 3.63) is 59.4 Å². The summed E-state index contributed by atoms with van der Waals surface area (Å²) in [6.07, 6.45) is -4.76. The van der Waals surface area contributed by atoms with E-state index in [1.807, 2.05) is 0 Å². The van der Waals surface area contributed by atoms with Crippen molar-refractivity contribution < 1.29 is 29.3 Å². The van der Waals surface area contributed by atoms with Crippen molar-refractivity contribution in [2.45, 2.75) is 23.6 Å². The minimum Gasteiger partial charge on any atom is -0.379 e.